The lowest BCUT2D eigenvalue weighted by Crippen LogP contribution is -2.34. The van der Waals surface area contributed by atoms with Crippen LogP contribution in [0.25, 0.3) is 0 Å². The van der Waals surface area contributed by atoms with Crippen LogP contribution in [0.15, 0.2) is 48.5 Å². The van der Waals surface area contributed by atoms with Crippen molar-refractivity contribution in [3.8, 4) is 0 Å². The molecule has 0 saturated carbocycles. The first-order valence-corrected chi connectivity index (χ1v) is 8.92. The van der Waals surface area contributed by atoms with E-state index in [1.807, 2.05) is 17.0 Å². The van der Waals surface area contributed by atoms with Crippen LogP contribution in [0.5, 0.6) is 0 Å². The monoisotopic (exact) mass is 340 g/mol. The number of likely N-dealkylation sites (tertiary alicyclic amines) is 1. The lowest BCUT2D eigenvalue weighted by atomic mass is 10.1. The molecule has 3 rings (SSSR count). The van der Waals surface area contributed by atoms with Gasteiger partial charge in [0.1, 0.15) is 5.82 Å². The number of aryl methyl sites for hydroxylation is 1. The van der Waals surface area contributed by atoms with Crippen LogP contribution >= 0.6 is 0 Å². The maximum Gasteiger partial charge on any atom is 0.223 e. The lowest BCUT2D eigenvalue weighted by Gasteiger charge is -2.26. The fraction of sp³-hybridized carbons (Fsp3) is 0.381. The molecule has 1 heterocycles. The zero-order valence-electron chi connectivity index (χ0n) is 14.7. The van der Waals surface area contributed by atoms with Crippen molar-refractivity contribution in [3.05, 3.63) is 71.0 Å². The van der Waals surface area contributed by atoms with Crippen LogP contribution < -0.4 is 5.32 Å². The Morgan fingerprint density at radius 2 is 1.92 bits per heavy atom. The molecular weight excluding hydrogens is 315 g/mol. The van der Waals surface area contributed by atoms with Crippen LogP contribution in [0.3, 0.4) is 0 Å². The molecule has 1 aliphatic rings. The first-order valence-electron chi connectivity index (χ1n) is 8.92. The maximum atomic E-state index is 12.9. The quantitative estimate of drug-likeness (QED) is 0.778. The topological polar surface area (TPSA) is 32.3 Å². The molecule has 4 heteroatoms. The SMILES string of the molecule is Cc1ccccc1CN1C(=O)CC[C@H]1CCNCc1ccc(F)cc1. The van der Waals surface area contributed by atoms with Crippen LogP contribution in [0, 0.1) is 12.7 Å². The molecule has 25 heavy (non-hydrogen) atoms. The Kier molecular flexibility index (Phi) is 5.82. The molecule has 0 spiro atoms. The third kappa shape index (κ3) is 4.67. The number of benzene rings is 2. The van der Waals surface area contributed by atoms with Gasteiger partial charge in [-0.2, -0.15) is 0 Å². The van der Waals surface area contributed by atoms with Gasteiger partial charge in [-0.05, 0) is 55.1 Å². The third-order valence-corrected chi connectivity index (χ3v) is 4.95. The van der Waals surface area contributed by atoms with E-state index in [1.54, 1.807) is 12.1 Å². The highest BCUT2D eigenvalue weighted by Gasteiger charge is 2.30. The van der Waals surface area contributed by atoms with Crippen molar-refractivity contribution < 1.29 is 9.18 Å². The number of nitrogens with zero attached hydrogens (tertiary/aromatic N) is 1. The molecule has 1 N–H and O–H groups in total. The standard InChI is InChI=1S/C21H25FN2O/c1-16-4-2-3-5-18(16)15-24-20(10-11-21(24)25)12-13-23-14-17-6-8-19(22)9-7-17/h2-9,20,23H,10-15H2,1H3/t20-/m0/s1. The van der Waals surface area contributed by atoms with Crippen molar-refractivity contribution in [2.75, 3.05) is 6.54 Å². The highest BCUT2D eigenvalue weighted by atomic mass is 19.1. The number of carbonyl (C=O) groups is 1. The highest BCUT2D eigenvalue weighted by Crippen LogP contribution is 2.24. The smallest absolute Gasteiger partial charge is 0.223 e. The van der Waals surface area contributed by atoms with Gasteiger partial charge in [-0.1, -0.05) is 36.4 Å². The van der Waals surface area contributed by atoms with Gasteiger partial charge in [-0.15, -0.1) is 0 Å². The van der Waals surface area contributed by atoms with E-state index in [0.717, 1.165) is 31.5 Å². The van der Waals surface area contributed by atoms with Crippen molar-refractivity contribution in [1.82, 2.24) is 10.2 Å². The summed E-state index contributed by atoms with van der Waals surface area (Å²) in [4.78, 5) is 14.3. The van der Waals surface area contributed by atoms with Crippen LogP contribution in [-0.4, -0.2) is 23.4 Å². The van der Waals surface area contributed by atoms with Crippen molar-refractivity contribution >= 4 is 5.91 Å². The number of nitrogens with one attached hydrogen (secondary N) is 1. The van der Waals surface area contributed by atoms with Gasteiger partial charge in [0.05, 0.1) is 0 Å². The Morgan fingerprint density at radius 3 is 2.68 bits per heavy atom. The molecule has 0 aliphatic carbocycles. The Labute approximate surface area is 148 Å². The molecule has 2 aromatic carbocycles. The van der Waals surface area contributed by atoms with E-state index in [0.29, 0.717) is 19.0 Å². The summed E-state index contributed by atoms with van der Waals surface area (Å²) < 4.78 is 12.9. The largest absolute Gasteiger partial charge is 0.335 e. The second-order valence-corrected chi connectivity index (χ2v) is 6.73. The van der Waals surface area contributed by atoms with E-state index >= 15 is 0 Å². The summed E-state index contributed by atoms with van der Waals surface area (Å²) in [6, 6.07) is 15.1. The van der Waals surface area contributed by atoms with E-state index in [4.69, 9.17) is 0 Å². The van der Waals surface area contributed by atoms with Gasteiger partial charge in [0.2, 0.25) is 5.91 Å². The van der Waals surface area contributed by atoms with E-state index in [9.17, 15) is 9.18 Å². The molecule has 0 unspecified atom stereocenters. The summed E-state index contributed by atoms with van der Waals surface area (Å²) in [5.74, 6) is 0.0480. The lowest BCUT2D eigenvalue weighted by molar-refractivity contribution is -0.129. The summed E-state index contributed by atoms with van der Waals surface area (Å²) in [6.45, 7) is 4.36. The van der Waals surface area contributed by atoms with E-state index in [1.165, 1.54) is 23.3 Å². The second kappa shape index (κ2) is 8.26. The van der Waals surface area contributed by atoms with Crippen LogP contribution in [0.1, 0.15) is 36.0 Å². The van der Waals surface area contributed by atoms with Gasteiger partial charge < -0.3 is 10.2 Å². The number of hydrogen-bond acceptors (Lipinski definition) is 2. The summed E-state index contributed by atoms with van der Waals surface area (Å²) in [5.41, 5.74) is 3.53. The van der Waals surface area contributed by atoms with Crippen molar-refractivity contribution in [2.45, 2.75) is 45.3 Å². The first-order chi connectivity index (χ1) is 12.1. The number of halogens is 1. The minimum absolute atomic E-state index is 0.208. The summed E-state index contributed by atoms with van der Waals surface area (Å²) in [6.07, 6.45) is 2.52. The average molecular weight is 340 g/mol. The Bertz CT molecular complexity index is 714. The summed E-state index contributed by atoms with van der Waals surface area (Å²) in [7, 11) is 0. The number of hydrogen-bond donors (Lipinski definition) is 1. The maximum absolute atomic E-state index is 12.9. The van der Waals surface area contributed by atoms with Crippen molar-refractivity contribution in [1.29, 1.82) is 0 Å². The second-order valence-electron chi connectivity index (χ2n) is 6.73. The molecule has 3 nitrogen and oxygen atoms in total. The van der Waals surface area contributed by atoms with E-state index < -0.39 is 0 Å². The number of rotatable bonds is 7. The molecule has 1 amide bonds. The Balaban J connectivity index is 1.50. The third-order valence-electron chi connectivity index (χ3n) is 4.95. The Morgan fingerprint density at radius 1 is 1.16 bits per heavy atom. The molecule has 1 aliphatic heterocycles. The molecule has 132 valence electrons. The zero-order valence-corrected chi connectivity index (χ0v) is 14.7. The molecule has 0 aromatic heterocycles. The molecule has 0 bridgehead atoms. The minimum Gasteiger partial charge on any atom is -0.335 e. The molecule has 0 radical (unpaired) electrons. The predicted molar refractivity (Wildman–Crippen MR) is 97.5 cm³/mol. The first kappa shape index (κ1) is 17.6. The minimum atomic E-state index is -0.208. The van der Waals surface area contributed by atoms with Crippen molar-refractivity contribution in [2.24, 2.45) is 0 Å². The van der Waals surface area contributed by atoms with Gasteiger partial charge in [-0.25, -0.2) is 4.39 Å². The number of carbonyl (C=O) groups excluding carboxylic acids is 1. The Hall–Kier alpha value is -2.20. The summed E-state index contributed by atoms with van der Waals surface area (Å²) in [5, 5.41) is 3.40. The van der Waals surface area contributed by atoms with E-state index in [2.05, 4.69) is 24.4 Å². The molecule has 1 fully saturated rings. The molecule has 1 saturated heterocycles. The summed E-state index contributed by atoms with van der Waals surface area (Å²) >= 11 is 0. The fourth-order valence-electron chi connectivity index (χ4n) is 3.39. The molecular formula is C21H25FN2O. The number of amides is 1. The van der Waals surface area contributed by atoms with Crippen LogP contribution in [0.2, 0.25) is 0 Å². The normalized spacial score (nSPS) is 17.3. The van der Waals surface area contributed by atoms with Crippen LogP contribution in [-0.2, 0) is 17.9 Å². The average Bonchev–Trinajstić information content (AvgIpc) is 2.95. The molecule has 1 atom stereocenters. The van der Waals surface area contributed by atoms with Gasteiger partial charge in [0, 0.05) is 25.6 Å². The van der Waals surface area contributed by atoms with Gasteiger partial charge in [0.15, 0.2) is 0 Å². The van der Waals surface area contributed by atoms with E-state index in [-0.39, 0.29) is 11.7 Å². The highest BCUT2D eigenvalue weighted by molar-refractivity contribution is 5.78. The molecule has 2 aromatic rings. The zero-order chi connectivity index (χ0) is 17.6. The fourth-order valence-corrected chi connectivity index (χ4v) is 3.39. The van der Waals surface area contributed by atoms with Gasteiger partial charge in [0.25, 0.3) is 0 Å². The van der Waals surface area contributed by atoms with Crippen molar-refractivity contribution in [3.63, 3.8) is 0 Å². The van der Waals surface area contributed by atoms with Gasteiger partial charge in [-0.3, -0.25) is 4.79 Å². The predicted octanol–water partition coefficient (Wildman–Crippen LogP) is 3.81. The van der Waals surface area contributed by atoms with Crippen LogP contribution in [0.4, 0.5) is 4.39 Å². The van der Waals surface area contributed by atoms with Gasteiger partial charge >= 0.3 is 0 Å².